The molecule has 0 amide bonds. The van der Waals surface area contributed by atoms with Crippen LogP contribution in [0.2, 0.25) is 0 Å². The molecule has 0 saturated heterocycles. The van der Waals surface area contributed by atoms with Crippen molar-refractivity contribution >= 4 is 11.9 Å². The molecule has 134 valence electrons. The highest BCUT2D eigenvalue weighted by Gasteiger charge is 2.09. The molecule has 3 aromatic carbocycles. The van der Waals surface area contributed by atoms with Crippen LogP contribution in [0.1, 0.15) is 10.4 Å². The summed E-state index contributed by atoms with van der Waals surface area (Å²) in [6, 6.07) is 19.9. The lowest BCUT2D eigenvalue weighted by molar-refractivity contribution is -0.128. The maximum Gasteiger partial charge on any atom is 0.343 e. The van der Waals surface area contributed by atoms with E-state index in [0.29, 0.717) is 17.1 Å². The van der Waals surface area contributed by atoms with Crippen LogP contribution in [-0.4, -0.2) is 17.0 Å². The van der Waals surface area contributed by atoms with Gasteiger partial charge < -0.3 is 14.6 Å². The zero-order valence-corrected chi connectivity index (χ0v) is 14.3. The fourth-order valence-electron chi connectivity index (χ4n) is 2.35. The van der Waals surface area contributed by atoms with E-state index in [9.17, 15) is 14.7 Å². The van der Waals surface area contributed by atoms with Gasteiger partial charge in [0, 0.05) is 6.08 Å². The monoisotopic (exact) mass is 360 g/mol. The van der Waals surface area contributed by atoms with Gasteiger partial charge in [0.05, 0.1) is 5.56 Å². The van der Waals surface area contributed by atoms with Crippen molar-refractivity contribution in [3.63, 3.8) is 0 Å². The number of phenolic OH excluding ortho intramolecular Hbond substituents is 1. The first kappa shape index (κ1) is 17.9. The Labute approximate surface area is 156 Å². The van der Waals surface area contributed by atoms with Gasteiger partial charge in [-0.25, -0.2) is 9.59 Å². The predicted molar refractivity (Wildman–Crippen MR) is 101 cm³/mol. The molecule has 0 aliphatic carbocycles. The molecule has 1 N–H and O–H groups in total. The number of hydrogen-bond acceptors (Lipinski definition) is 5. The molecule has 0 fully saturated rings. The van der Waals surface area contributed by atoms with Gasteiger partial charge in [-0.05, 0) is 59.7 Å². The smallest absolute Gasteiger partial charge is 0.343 e. The number of hydrogen-bond donors (Lipinski definition) is 1. The Kier molecular flexibility index (Phi) is 5.33. The highest BCUT2D eigenvalue weighted by Crippen LogP contribution is 2.25. The molecular weight excluding hydrogens is 344 g/mol. The first-order valence-electron chi connectivity index (χ1n) is 8.11. The molecule has 3 rings (SSSR count). The highest BCUT2D eigenvalue weighted by atomic mass is 16.5. The summed E-state index contributed by atoms with van der Waals surface area (Å²) in [5.41, 5.74) is 2.19. The number of benzene rings is 3. The van der Waals surface area contributed by atoms with Gasteiger partial charge in [-0.2, -0.15) is 0 Å². The van der Waals surface area contributed by atoms with Crippen LogP contribution in [0.3, 0.4) is 0 Å². The topological polar surface area (TPSA) is 72.8 Å². The summed E-state index contributed by atoms with van der Waals surface area (Å²) in [5, 5.41) is 9.26. The fourth-order valence-corrected chi connectivity index (χ4v) is 2.35. The molecule has 0 saturated carbocycles. The molecule has 27 heavy (non-hydrogen) atoms. The van der Waals surface area contributed by atoms with E-state index in [0.717, 1.165) is 17.2 Å². The number of carbonyl (C=O) groups is 2. The minimum Gasteiger partial charge on any atom is -0.508 e. The van der Waals surface area contributed by atoms with E-state index in [1.54, 1.807) is 24.3 Å². The average Bonchev–Trinajstić information content (AvgIpc) is 2.69. The molecule has 3 aromatic rings. The first-order valence-corrected chi connectivity index (χ1v) is 8.11. The zero-order valence-electron chi connectivity index (χ0n) is 14.3. The van der Waals surface area contributed by atoms with Crippen molar-refractivity contribution in [3.8, 4) is 28.4 Å². The summed E-state index contributed by atoms with van der Waals surface area (Å²) in [6.45, 7) is 3.35. The number of esters is 2. The van der Waals surface area contributed by atoms with Gasteiger partial charge in [0.2, 0.25) is 0 Å². The number of phenols is 1. The van der Waals surface area contributed by atoms with Crippen molar-refractivity contribution < 1.29 is 24.2 Å². The number of ether oxygens (including phenoxy) is 2. The Morgan fingerprint density at radius 3 is 1.70 bits per heavy atom. The van der Waals surface area contributed by atoms with E-state index >= 15 is 0 Å². The van der Waals surface area contributed by atoms with E-state index in [4.69, 9.17) is 9.47 Å². The first-order chi connectivity index (χ1) is 13.0. The molecule has 0 radical (unpaired) electrons. The second-order valence-electron chi connectivity index (χ2n) is 5.61. The summed E-state index contributed by atoms with van der Waals surface area (Å²) in [7, 11) is 0. The lowest BCUT2D eigenvalue weighted by Crippen LogP contribution is -2.07. The van der Waals surface area contributed by atoms with E-state index < -0.39 is 11.9 Å². The molecule has 5 nitrogen and oxygen atoms in total. The van der Waals surface area contributed by atoms with Gasteiger partial charge in [0.15, 0.2) is 0 Å². The highest BCUT2D eigenvalue weighted by molar-refractivity contribution is 5.91. The third-order valence-corrected chi connectivity index (χ3v) is 3.74. The van der Waals surface area contributed by atoms with Gasteiger partial charge in [0.25, 0.3) is 0 Å². The maximum absolute atomic E-state index is 12.1. The van der Waals surface area contributed by atoms with Crippen LogP contribution in [0.15, 0.2) is 85.5 Å². The summed E-state index contributed by atoms with van der Waals surface area (Å²) >= 11 is 0. The standard InChI is InChI=1S/C22H16O5/c1-2-21(24)26-19-11-5-15(6-12-19)16-7-13-20(14-8-16)27-22(25)17-3-9-18(23)10-4-17/h2-14,23H,1H2. The third-order valence-electron chi connectivity index (χ3n) is 3.74. The average molecular weight is 360 g/mol. The largest absolute Gasteiger partial charge is 0.508 e. The van der Waals surface area contributed by atoms with Crippen molar-refractivity contribution in [1.82, 2.24) is 0 Å². The molecule has 0 aliphatic heterocycles. The van der Waals surface area contributed by atoms with Gasteiger partial charge in [-0.3, -0.25) is 0 Å². The lowest BCUT2D eigenvalue weighted by atomic mass is 10.1. The van der Waals surface area contributed by atoms with E-state index in [-0.39, 0.29) is 5.75 Å². The molecule has 0 aliphatic rings. The predicted octanol–water partition coefficient (Wildman–Crippen LogP) is 4.37. The Hall–Kier alpha value is -3.86. The van der Waals surface area contributed by atoms with Crippen LogP contribution in [0.25, 0.3) is 11.1 Å². The number of carbonyl (C=O) groups excluding carboxylic acids is 2. The zero-order chi connectivity index (χ0) is 19.2. The van der Waals surface area contributed by atoms with Crippen LogP contribution in [0.4, 0.5) is 0 Å². The summed E-state index contributed by atoms with van der Waals surface area (Å²) in [6.07, 6.45) is 1.10. The van der Waals surface area contributed by atoms with E-state index in [2.05, 4.69) is 6.58 Å². The Morgan fingerprint density at radius 2 is 1.22 bits per heavy atom. The van der Waals surface area contributed by atoms with Crippen molar-refractivity contribution in [1.29, 1.82) is 0 Å². The SMILES string of the molecule is C=CC(=O)Oc1ccc(-c2ccc(OC(=O)c3ccc(O)cc3)cc2)cc1. The fraction of sp³-hybridized carbons (Fsp3) is 0. The Morgan fingerprint density at radius 1 is 0.741 bits per heavy atom. The van der Waals surface area contributed by atoms with Crippen molar-refractivity contribution in [2.75, 3.05) is 0 Å². The van der Waals surface area contributed by atoms with Crippen LogP contribution in [0.5, 0.6) is 17.2 Å². The third kappa shape index (κ3) is 4.61. The number of rotatable bonds is 5. The van der Waals surface area contributed by atoms with Crippen molar-refractivity contribution in [2.24, 2.45) is 0 Å². The summed E-state index contributed by atoms with van der Waals surface area (Å²) in [5.74, 6) is -0.0867. The summed E-state index contributed by atoms with van der Waals surface area (Å²) in [4.78, 5) is 23.3. The van der Waals surface area contributed by atoms with E-state index in [1.165, 1.54) is 24.3 Å². The van der Waals surface area contributed by atoms with Crippen molar-refractivity contribution in [2.45, 2.75) is 0 Å². The van der Waals surface area contributed by atoms with Crippen LogP contribution >= 0.6 is 0 Å². The van der Waals surface area contributed by atoms with Gasteiger partial charge >= 0.3 is 11.9 Å². The molecule has 5 heteroatoms. The Bertz CT molecular complexity index is 955. The minimum absolute atomic E-state index is 0.0844. The molecule has 0 spiro atoms. The van der Waals surface area contributed by atoms with Crippen LogP contribution in [0, 0.1) is 0 Å². The quantitative estimate of drug-likeness (QED) is 0.415. The minimum atomic E-state index is -0.512. The molecule has 0 unspecified atom stereocenters. The normalized spacial score (nSPS) is 10.1. The van der Waals surface area contributed by atoms with Gasteiger partial charge in [-0.15, -0.1) is 0 Å². The maximum atomic E-state index is 12.1. The van der Waals surface area contributed by atoms with Crippen LogP contribution in [-0.2, 0) is 4.79 Å². The lowest BCUT2D eigenvalue weighted by Gasteiger charge is -2.07. The number of aromatic hydroxyl groups is 1. The molecule has 0 aromatic heterocycles. The second kappa shape index (κ2) is 8.01. The second-order valence-corrected chi connectivity index (χ2v) is 5.61. The molecular formula is C22H16O5. The van der Waals surface area contributed by atoms with Gasteiger partial charge in [-0.1, -0.05) is 30.8 Å². The molecule has 0 heterocycles. The molecule has 0 atom stereocenters. The van der Waals surface area contributed by atoms with Gasteiger partial charge in [0.1, 0.15) is 17.2 Å². The summed E-state index contributed by atoms with van der Waals surface area (Å²) < 4.78 is 10.4. The van der Waals surface area contributed by atoms with Crippen LogP contribution < -0.4 is 9.47 Å². The van der Waals surface area contributed by atoms with Crippen molar-refractivity contribution in [3.05, 3.63) is 91.0 Å². The molecule has 0 bridgehead atoms. The van der Waals surface area contributed by atoms with E-state index in [1.807, 2.05) is 24.3 Å². The Balaban J connectivity index is 1.67.